The number of ketones is 1. The highest BCUT2D eigenvalue weighted by molar-refractivity contribution is 5.96. The Morgan fingerprint density at radius 2 is 1.97 bits per heavy atom. The molecule has 0 aliphatic carbocycles. The first-order valence-corrected chi connectivity index (χ1v) is 10.8. The van der Waals surface area contributed by atoms with Crippen molar-refractivity contribution >= 4 is 16.8 Å². The number of aliphatic hydroxyl groups is 1. The Morgan fingerprint density at radius 3 is 2.71 bits per heavy atom. The number of carbonyl (C=O) groups excluding carboxylic acids is 1. The number of nitrogens with one attached hydrogen (secondary N) is 1. The number of imidazole rings is 1. The zero-order chi connectivity index (χ0) is 22.0. The number of aromatic amines is 1. The zero-order valence-corrected chi connectivity index (χ0v) is 18.0. The smallest absolute Gasteiger partial charge is 0.326 e. The van der Waals surface area contributed by atoms with Gasteiger partial charge in [-0.2, -0.15) is 0 Å². The van der Waals surface area contributed by atoms with Crippen molar-refractivity contribution in [2.45, 2.75) is 38.8 Å². The topological polar surface area (TPSA) is 87.6 Å². The summed E-state index contributed by atoms with van der Waals surface area (Å²) in [5, 5.41) is 10.5. The third kappa shape index (κ3) is 4.73. The number of aliphatic hydroxyl groups excluding tert-OH is 1. The van der Waals surface area contributed by atoms with Gasteiger partial charge in [-0.05, 0) is 56.5 Å². The quantitative estimate of drug-likeness (QED) is 0.571. The van der Waals surface area contributed by atoms with E-state index in [1.54, 1.807) is 6.07 Å². The molecule has 7 nitrogen and oxygen atoms in total. The summed E-state index contributed by atoms with van der Waals surface area (Å²) in [6.07, 6.45) is 1.04. The van der Waals surface area contributed by atoms with Gasteiger partial charge in [-0.1, -0.05) is 18.2 Å². The first-order valence-electron chi connectivity index (χ1n) is 10.8. The van der Waals surface area contributed by atoms with Gasteiger partial charge < -0.3 is 19.7 Å². The molecule has 2 N–H and O–H groups in total. The van der Waals surface area contributed by atoms with Crippen LogP contribution in [0.3, 0.4) is 0 Å². The Bertz CT molecular complexity index is 1130. The average Bonchev–Trinajstić information content (AvgIpc) is 3.08. The number of H-pyrrole nitrogens is 1. The highest BCUT2D eigenvalue weighted by atomic mass is 16.5. The van der Waals surface area contributed by atoms with E-state index in [0.29, 0.717) is 17.9 Å². The van der Waals surface area contributed by atoms with Crippen LogP contribution in [0.2, 0.25) is 0 Å². The minimum absolute atomic E-state index is 0.0564. The first-order chi connectivity index (χ1) is 14.9. The number of benzene rings is 2. The molecule has 0 amide bonds. The predicted molar refractivity (Wildman–Crippen MR) is 120 cm³/mol. The van der Waals surface area contributed by atoms with Gasteiger partial charge in [0.2, 0.25) is 0 Å². The van der Waals surface area contributed by atoms with E-state index in [9.17, 15) is 14.7 Å². The summed E-state index contributed by atoms with van der Waals surface area (Å²) in [5.74, 6) is 0.461. The van der Waals surface area contributed by atoms with Crippen LogP contribution in [-0.2, 0) is 0 Å². The number of carbonyl (C=O) groups is 1. The summed E-state index contributed by atoms with van der Waals surface area (Å²) >= 11 is 0. The Hall–Kier alpha value is -2.90. The molecule has 1 aliphatic heterocycles. The van der Waals surface area contributed by atoms with Crippen molar-refractivity contribution in [3.8, 4) is 5.75 Å². The lowest BCUT2D eigenvalue weighted by Gasteiger charge is -2.33. The Labute approximate surface area is 181 Å². The minimum Gasteiger partial charge on any atom is -0.490 e. The third-order valence-corrected chi connectivity index (χ3v) is 5.96. The fourth-order valence-corrected chi connectivity index (χ4v) is 4.37. The zero-order valence-electron chi connectivity index (χ0n) is 18.0. The van der Waals surface area contributed by atoms with Crippen molar-refractivity contribution in [1.29, 1.82) is 0 Å². The molecule has 7 heteroatoms. The molecular weight excluding hydrogens is 394 g/mol. The van der Waals surface area contributed by atoms with E-state index >= 15 is 0 Å². The molecule has 1 unspecified atom stereocenters. The molecule has 2 heterocycles. The number of aromatic nitrogens is 2. The van der Waals surface area contributed by atoms with Crippen molar-refractivity contribution < 1.29 is 14.6 Å². The maximum atomic E-state index is 12.4. The molecule has 1 aliphatic rings. The lowest BCUT2D eigenvalue weighted by atomic mass is 10.0. The van der Waals surface area contributed by atoms with Gasteiger partial charge in [0, 0.05) is 25.7 Å². The van der Waals surface area contributed by atoms with Gasteiger partial charge in [0.05, 0.1) is 16.6 Å². The number of Topliss-reactive ketones (excluding diaryl/α,β-unsaturated/α-hetero) is 1. The number of piperidine rings is 1. The molecule has 2 aromatic carbocycles. The summed E-state index contributed by atoms with van der Waals surface area (Å²) in [7, 11) is 0. The normalized spacial score (nSPS) is 16.5. The highest BCUT2D eigenvalue weighted by Gasteiger charge is 2.25. The Balaban J connectivity index is 1.32. The number of hydrogen-bond acceptors (Lipinski definition) is 5. The predicted octanol–water partition coefficient (Wildman–Crippen LogP) is 2.92. The summed E-state index contributed by atoms with van der Waals surface area (Å²) in [4.78, 5) is 29.4. The highest BCUT2D eigenvalue weighted by Crippen LogP contribution is 2.25. The van der Waals surface area contributed by atoms with Crippen molar-refractivity contribution in [2.75, 3.05) is 26.2 Å². The van der Waals surface area contributed by atoms with Crippen LogP contribution in [0.15, 0.2) is 47.3 Å². The van der Waals surface area contributed by atoms with Gasteiger partial charge in [0.1, 0.15) is 18.5 Å². The minimum atomic E-state index is -0.660. The number of β-amino-alcohol motifs (C(OH)–C–C–N with tert-alkyl or cyclic N) is 1. The molecule has 4 rings (SSSR count). The van der Waals surface area contributed by atoms with Gasteiger partial charge in [-0.15, -0.1) is 0 Å². The number of hydrogen-bond donors (Lipinski definition) is 2. The largest absolute Gasteiger partial charge is 0.490 e. The monoisotopic (exact) mass is 423 g/mol. The van der Waals surface area contributed by atoms with Crippen LogP contribution in [0.5, 0.6) is 5.75 Å². The number of para-hydroxylation sites is 2. The van der Waals surface area contributed by atoms with E-state index in [4.69, 9.17) is 4.74 Å². The average molecular weight is 424 g/mol. The lowest BCUT2D eigenvalue weighted by molar-refractivity contribution is 0.0554. The molecule has 0 bridgehead atoms. The second-order valence-electron chi connectivity index (χ2n) is 8.37. The van der Waals surface area contributed by atoms with Crippen LogP contribution >= 0.6 is 0 Å². The molecule has 0 radical (unpaired) electrons. The van der Waals surface area contributed by atoms with Gasteiger partial charge in [0.25, 0.3) is 0 Å². The van der Waals surface area contributed by atoms with E-state index in [1.807, 2.05) is 47.9 Å². The number of ether oxygens (including phenoxy) is 1. The second-order valence-corrected chi connectivity index (χ2v) is 8.37. The first kappa shape index (κ1) is 21.3. The number of aryl methyl sites for hydroxylation is 1. The molecule has 0 spiro atoms. The van der Waals surface area contributed by atoms with E-state index in [0.717, 1.165) is 42.5 Å². The molecule has 1 aromatic heterocycles. The third-order valence-electron chi connectivity index (χ3n) is 5.96. The maximum absolute atomic E-state index is 12.4. The van der Waals surface area contributed by atoms with Crippen molar-refractivity contribution in [1.82, 2.24) is 14.5 Å². The van der Waals surface area contributed by atoms with Gasteiger partial charge in [0.15, 0.2) is 5.78 Å². The maximum Gasteiger partial charge on any atom is 0.326 e. The molecule has 1 saturated heterocycles. The molecule has 31 heavy (non-hydrogen) atoms. The molecule has 164 valence electrons. The van der Waals surface area contributed by atoms with Crippen LogP contribution < -0.4 is 10.4 Å². The fourth-order valence-electron chi connectivity index (χ4n) is 4.37. The van der Waals surface area contributed by atoms with Gasteiger partial charge in [-0.3, -0.25) is 9.36 Å². The summed E-state index contributed by atoms with van der Waals surface area (Å²) in [6, 6.07) is 13.4. The summed E-state index contributed by atoms with van der Waals surface area (Å²) < 4.78 is 7.65. The van der Waals surface area contributed by atoms with Crippen LogP contribution in [0.4, 0.5) is 0 Å². The number of fused-ring (bicyclic) bond motifs is 1. The van der Waals surface area contributed by atoms with E-state index < -0.39 is 6.10 Å². The van der Waals surface area contributed by atoms with E-state index in [-0.39, 0.29) is 24.1 Å². The lowest BCUT2D eigenvalue weighted by Crippen LogP contribution is -2.42. The van der Waals surface area contributed by atoms with Crippen molar-refractivity contribution in [3.05, 3.63) is 64.1 Å². The van der Waals surface area contributed by atoms with Crippen molar-refractivity contribution in [2.24, 2.45) is 0 Å². The number of likely N-dealkylation sites (tertiary alicyclic amines) is 1. The van der Waals surface area contributed by atoms with Gasteiger partial charge >= 0.3 is 5.69 Å². The molecule has 0 saturated carbocycles. The van der Waals surface area contributed by atoms with Crippen LogP contribution in [0.1, 0.15) is 41.7 Å². The SMILES string of the molecule is CC(=O)c1ccc(C)cc1OCC(O)CN1CCC(n2c(=O)[nH]c3ccccc32)CC1. The molecule has 3 aromatic rings. The van der Waals surface area contributed by atoms with Crippen molar-refractivity contribution in [3.63, 3.8) is 0 Å². The summed E-state index contributed by atoms with van der Waals surface area (Å²) in [6.45, 7) is 5.68. The van der Waals surface area contributed by atoms with E-state index in [2.05, 4.69) is 9.88 Å². The molecular formula is C24H29N3O4. The molecule has 1 atom stereocenters. The number of nitrogens with zero attached hydrogens (tertiary/aromatic N) is 2. The fraction of sp³-hybridized carbons (Fsp3) is 0.417. The second kappa shape index (κ2) is 9.08. The van der Waals surface area contributed by atoms with Crippen LogP contribution in [0.25, 0.3) is 11.0 Å². The van der Waals surface area contributed by atoms with Crippen LogP contribution in [-0.4, -0.2) is 57.7 Å². The van der Waals surface area contributed by atoms with Gasteiger partial charge in [-0.25, -0.2) is 4.79 Å². The molecule has 1 fully saturated rings. The standard InChI is InChI=1S/C24H29N3O4/c1-16-7-8-20(17(2)28)23(13-16)31-15-19(29)14-26-11-9-18(10-12-26)27-22-6-4-3-5-21(22)25-24(27)30/h3-8,13,18-19,29H,9-12,14-15H2,1-2H3,(H,25,30). The number of rotatable bonds is 7. The summed E-state index contributed by atoms with van der Waals surface area (Å²) in [5.41, 5.74) is 3.28. The van der Waals surface area contributed by atoms with Crippen LogP contribution in [0, 0.1) is 6.92 Å². The van der Waals surface area contributed by atoms with E-state index in [1.165, 1.54) is 6.92 Å². The Kier molecular flexibility index (Phi) is 6.25. The Morgan fingerprint density at radius 1 is 1.23 bits per heavy atom.